The van der Waals surface area contributed by atoms with Crippen LogP contribution < -0.4 is 5.32 Å². The quantitative estimate of drug-likeness (QED) is 0.793. The van der Waals surface area contributed by atoms with Crippen molar-refractivity contribution in [3.63, 3.8) is 0 Å². The summed E-state index contributed by atoms with van der Waals surface area (Å²) >= 11 is 5.63. The molecule has 0 aromatic heterocycles. The van der Waals surface area contributed by atoms with Crippen LogP contribution >= 0.6 is 11.6 Å². The molecule has 0 spiro atoms. The summed E-state index contributed by atoms with van der Waals surface area (Å²) in [6.45, 7) is 3.41. The number of amides is 4. The summed E-state index contributed by atoms with van der Waals surface area (Å²) in [7, 11) is 0. The van der Waals surface area contributed by atoms with Gasteiger partial charge in [0, 0.05) is 5.03 Å². The smallest absolute Gasteiger partial charge is 0.277 e. The highest BCUT2D eigenvalue weighted by Crippen LogP contribution is 2.34. The van der Waals surface area contributed by atoms with Crippen LogP contribution in [0.4, 0.5) is 4.79 Å². The van der Waals surface area contributed by atoms with Crippen molar-refractivity contribution < 1.29 is 14.4 Å². The second-order valence-electron chi connectivity index (χ2n) is 4.76. The summed E-state index contributed by atoms with van der Waals surface area (Å²) in [5.74, 6) is -1.64. The highest BCUT2D eigenvalue weighted by Gasteiger charge is 2.45. The van der Waals surface area contributed by atoms with Crippen LogP contribution in [0.3, 0.4) is 0 Å². The van der Waals surface area contributed by atoms with Crippen molar-refractivity contribution in [2.45, 2.75) is 25.7 Å². The van der Waals surface area contributed by atoms with Crippen molar-refractivity contribution in [3.05, 3.63) is 11.6 Å². The molecule has 6 heteroatoms. The molecule has 5 nitrogen and oxygen atoms in total. The Morgan fingerprint density at radius 2 is 1.94 bits per heavy atom. The van der Waals surface area contributed by atoms with Gasteiger partial charge in [0.1, 0.15) is 5.92 Å². The first-order chi connectivity index (χ1) is 8.50. The summed E-state index contributed by atoms with van der Waals surface area (Å²) in [5, 5.41) is 2.41. The van der Waals surface area contributed by atoms with Gasteiger partial charge >= 0.3 is 6.03 Å². The van der Waals surface area contributed by atoms with Crippen LogP contribution in [-0.2, 0) is 9.59 Å². The minimum absolute atomic E-state index is 0.0386. The third-order valence-electron chi connectivity index (χ3n) is 3.49. The van der Waals surface area contributed by atoms with Gasteiger partial charge in [-0.05, 0) is 18.8 Å². The number of carbonyl (C=O) groups excluding carboxylic acids is 3. The molecule has 2 aliphatic rings. The van der Waals surface area contributed by atoms with Crippen LogP contribution in [0, 0.1) is 11.8 Å². The van der Waals surface area contributed by atoms with E-state index in [0.29, 0.717) is 0 Å². The minimum Gasteiger partial charge on any atom is -0.277 e. The number of rotatable bonds is 3. The molecule has 1 heterocycles. The summed E-state index contributed by atoms with van der Waals surface area (Å²) in [5.41, 5.74) is 0. The van der Waals surface area contributed by atoms with Crippen molar-refractivity contribution >= 4 is 29.4 Å². The lowest BCUT2D eigenvalue weighted by atomic mass is 9.87. The van der Waals surface area contributed by atoms with E-state index < -0.39 is 23.8 Å². The van der Waals surface area contributed by atoms with Crippen molar-refractivity contribution in [3.8, 4) is 0 Å². The van der Waals surface area contributed by atoms with E-state index in [1.54, 1.807) is 0 Å². The molecule has 1 atom stereocenters. The van der Waals surface area contributed by atoms with Gasteiger partial charge in [0.15, 0.2) is 0 Å². The fraction of sp³-hybridized carbons (Fsp3) is 0.583. The molecule has 2 fully saturated rings. The normalized spacial score (nSPS) is 25.5. The van der Waals surface area contributed by atoms with E-state index in [-0.39, 0.29) is 17.5 Å². The largest absolute Gasteiger partial charge is 0.331 e. The van der Waals surface area contributed by atoms with Crippen molar-refractivity contribution in [2.24, 2.45) is 11.8 Å². The predicted molar refractivity (Wildman–Crippen MR) is 65.7 cm³/mol. The topological polar surface area (TPSA) is 66.5 Å². The predicted octanol–water partition coefficient (Wildman–Crippen LogP) is 1.62. The van der Waals surface area contributed by atoms with Gasteiger partial charge in [-0.2, -0.15) is 0 Å². The maximum Gasteiger partial charge on any atom is 0.331 e. The van der Waals surface area contributed by atoms with Crippen molar-refractivity contribution in [1.82, 2.24) is 10.2 Å². The molecule has 0 aromatic carbocycles. The van der Waals surface area contributed by atoms with Gasteiger partial charge in [0.05, 0.1) is 6.54 Å². The Morgan fingerprint density at radius 3 is 2.50 bits per heavy atom. The Morgan fingerprint density at radius 1 is 1.33 bits per heavy atom. The third-order valence-corrected chi connectivity index (χ3v) is 3.61. The monoisotopic (exact) mass is 270 g/mol. The van der Waals surface area contributed by atoms with Gasteiger partial charge < -0.3 is 0 Å². The first-order valence-electron chi connectivity index (χ1n) is 6.00. The fourth-order valence-electron chi connectivity index (χ4n) is 2.66. The van der Waals surface area contributed by atoms with E-state index in [9.17, 15) is 14.4 Å². The Kier molecular flexibility index (Phi) is 3.71. The van der Waals surface area contributed by atoms with Gasteiger partial charge in [0.25, 0.3) is 0 Å². The molecule has 0 aromatic rings. The second kappa shape index (κ2) is 5.10. The maximum absolute atomic E-state index is 12.2. The fourth-order valence-corrected chi connectivity index (χ4v) is 2.78. The Balaban J connectivity index is 2.19. The average Bonchev–Trinajstić information content (AvgIpc) is 2.77. The van der Waals surface area contributed by atoms with E-state index in [1.165, 1.54) is 0 Å². The molecule has 0 radical (unpaired) electrons. The number of barbiturate groups is 1. The average molecular weight is 271 g/mol. The SMILES string of the molecule is C=C(Cl)CN1C(=O)NC(=O)C(C2CCCC2)C1=O. The van der Waals surface area contributed by atoms with Crippen molar-refractivity contribution in [1.29, 1.82) is 0 Å². The third kappa shape index (κ3) is 2.41. The van der Waals surface area contributed by atoms with Gasteiger partial charge in [-0.1, -0.05) is 31.0 Å². The number of nitrogens with zero attached hydrogens (tertiary/aromatic N) is 1. The molecule has 1 aliphatic carbocycles. The zero-order valence-electron chi connectivity index (χ0n) is 9.95. The number of halogens is 1. The summed E-state index contributed by atoms with van der Waals surface area (Å²) in [6.07, 6.45) is 3.76. The highest BCUT2D eigenvalue weighted by atomic mass is 35.5. The van der Waals surface area contributed by atoms with Gasteiger partial charge in [-0.25, -0.2) is 4.79 Å². The zero-order chi connectivity index (χ0) is 13.3. The van der Waals surface area contributed by atoms with Gasteiger partial charge in [-0.15, -0.1) is 0 Å². The summed E-state index contributed by atoms with van der Waals surface area (Å²) < 4.78 is 0. The first kappa shape index (κ1) is 13.1. The molecule has 18 heavy (non-hydrogen) atoms. The molecule has 1 saturated carbocycles. The number of hydrogen-bond donors (Lipinski definition) is 1. The number of carbonyl (C=O) groups is 3. The molecule has 4 amide bonds. The van der Waals surface area contributed by atoms with Crippen LogP contribution in [0.2, 0.25) is 0 Å². The van der Waals surface area contributed by atoms with E-state index >= 15 is 0 Å². The molecule has 1 N–H and O–H groups in total. The number of nitrogens with one attached hydrogen (secondary N) is 1. The highest BCUT2D eigenvalue weighted by molar-refractivity contribution is 6.30. The molecular formula is C12H15ClN2O3. The summed E-state index contributed by atoms with van der Waals surface area (Å²) in [6, 6.07) is -0.707. The molecule has 1 aliphatic heterocycles. The molecule has 1 unspecified atom stereocenters. The zero-order valence-corrected chi connectivity index (χ0v) is 10.7. The van der Waals surface area contributed by atoms with Crippen LogP contribution in [-0.4, -0.2) is 29.3 Å². The van der Waals surface area contributed by atoms with Crippen LogP contribution in [0.1, 0.15) is 25.7 Å². The van der Waals surface area contributed by atoms with E-state index in [2.05, 4.69) is 11.9 Å². The molecule has 0 bridgehead atoms. The van der Waals surface area contributed by atoms with E-state index in [1.807, 2.05) is 0 Å². The molecule has 1 saturated heterocycles. The number of urea groups is 1. The molecular weight excluding hydrogens is 256 g/mol. The Bertz CT molecular complexity index is 416. The van der Waals surface area contributed by atoms with Crippen LogP contribution in [0.5, 0.6) is 0 Å². The second-order valence-corrected chi connectivity index (χ2v) is 5.29. The van der Waals surface area contributed by atoms with Gasteiger partial charge in [0.2, 0.25) is 11.8 Å². The van der Waals surface area contributed by atoms with E-state index in [4.69, 9.17) is 11.6 Å². The van der Waals surface area contributed by atoms with Crippen LogP contribution in [0.25, 0.3) is 0 Å². The lowest BCUT2D eigenvalue weighted by Crippen LogP contribution is -2.59. The Hall–Kier alpha value is -1.36. The first-order valence-corrected chi connectivity index (χ1v) is 6.38. The Labute approximate surface area is 110 Å². The lowest BCUT2D eigenvalue weighted by molar-refractivity contribution is -0.144. The lowest BCUT2D eigenvalue weighted by Gasteiger charge is -2.32. The number of hydrogen-bond acceptors (Lipinski definition) is 3. The standard InChI is InChI=1S/C12H15ClN2O3/c1-7(13)6-15-11(17)9(8-4-2-3-5-8)10(16)14-12(15)18/h8-9H,1-6H2,(H,14,16,18). The minimum atomic E-state index is -0.749. The maximum atomic E-state index is 12.2. The molecule has 98 valence electrons. The van der Waals surface area contributed by atoms with Gasteiger partial charge in [-0.3, -0.25) is 19.8 Å². The van der Waals surface area contributed by atoms with Crippen molar-refractivity contribution in [2.75, 3.05) is 6.54 Å². The summed E-state index contributed by atoms with van der Waals surface area (Å²) in [4.78, 5) is 36.6. The molecule has 2 rings (SSSR count). The number of imide groups is 2. The van der Waals surface area contributed by atoms with E-state index in [0.717, 1.165) is 30.6 Å². The van der Waals surface area contributed by atoms with Crippen LogP contribution in [0.15, 0.2) is 11.6 Å².